The van der Waals surface area contributed by atoms with Crippen molar-refractivity contribution >= 4 is 10.9 Å². The zero-order valence-corrected chi connectivity index (χ0v) is 10.9. The van der Waals surface area contributed by atoms with Crippen LogP contribution in [0, 0.1) is 0 Å². The fourth-order valence-corrected chi connectivity index (χ4v) is 1.94. The molecule has 0 amide bonds. The molecule has 0 aliphatic rings. The van der Waals surface area contributed by atoms with Gasteiger partial charge in [0.05, 0.1) is 23.7 Å². The Bertz CT molecular complexity index is 638. The zero-order chi connectivity index (χ0) is 14.8. The molecule has 3 nitrogen and oxygen atoms in total. The average Bonchev–Trinajstić information content (AvgIpc) is 2.42. The number of hydrogen-bond acceptors (Lipinski definition) is 3. The van der Waals surface area contributed by atoms with E-state index in [0.717, 1.165) is 0 Å². The largest absolute Gasteiger partial charge is 0.496 e. The summed E-state index contributed by atoms with van der Waals surface area (Å²) in [6.45, 7) is 3.57. The van der Waals surface area contributed by atoms with Crippen LogP contribution in [-0.2, 0) is 12.6 Å². The number of hydrogen-bond donors (Lipinski definition) is 0. The number of rotatable bonds is 4. The van der Waals surface area contributed by atoms with Gasteiger partial charge in [-0.2, -0.15) is 13.2 Å². The number of aromatic nitrogens is 2. The first-order valence-electron chi connectivity index (χ1n) is 5.99. The lowest BCUT2D eigenvalue weighted by atomic mass is 10.1. The van der Waals surface area contributed by atoms with Crippen molar-refractivity contribution in [1.29, 1.82) is 0 Å². The Balaban J connectivity index is 2.71. The van der Waals surface area contributed by atoms with Gasteiger partial charge in [0.25, 0.3) is 0 Å². The van der Waals surface area contributed by atoms with E-state index in [1.165, 1.54) is 13.2 Å². The molecular formula is C14H13F3N2O. The highest BCUT2D eigenvalue weighted by Gasteiger charge is 2.35. The number of allylic oxidation sites excluding steroid dienone is 1. The molecule has 0 spiro atoms. The van der Waals surface area contributed by atoms with Crippen LogP contribution in [0.3, 0.4) is 0 Å². The van der Waals surface area contributed by atoms with Gasteiger partial charge in [-0.25, -0.2) is 9.97 Å². The van der Waals surface area contributed by atoms with E-state index < -0.39 is 12.0 Å². The number of ether oxygens (including phenoxy) is 1. The zero-order valence-electron chi connectivity index (χ0n) is 10.9. The second kappa shape index (κ2) is 5.48. The third kappa shape index (κ3) is 2.74. The highest BCUT2D eigenvalue weighted by atomic mass is 19.4. The van der Waals surface area contributed by atoms with Crippen molar-refractivity contribution in [2.24, 2.45) is 0 Å². The van der Waals surface area contributed by atoms with E-state index in [0.29, 0.717) is 29.7 Å². The van der Waals surface area contributed by atoms with E-state index in [-0.39, 0.29) is 5.52 Å². The van der Waals surface area contributed by atoms with Crippen LogP contribution in [0.25, 0.3) is 10.9 Å². The summed E-state index contributed by atoms with van der Waals surface area (Å²) in [4.78, 5) is 7.24. The fourth-order valence-electron chi connectivity index (χ4n) is 1.94. The predicted octanol–water partition coefficient (Wildman–Crippen LogP) is 3.78. The summed E-state index contributed by atoms with van der Waals surface area (Å²) >= 11 is 0. The van der Waals surface area contributed by atoms with Crippen molar-refractivity contribution < 1.29 is 17.9 Å². The van der Waals surface area contributed by atoms with Crippen LogP contribution < -0.4 is 4.74 Å². The first-order valence-corrected chi connectivity index (χ1v) is 5.99. The molecule has 20 heavy (non-hydrogen) atoms. The van der Waals surface area contributed by atoms with E-state index >= 15 is 0 Å². The van der Waals surface area contributed by atoms with Gasteiger partial charge in [0, 0.05) is 0 Å². The second-order valence-corrected chi connectivity index (χ2v) is 4.17. The Morgan fingerprint density at radius 2 is 2.05 bits per heavy atom. The van der Waals surface area contributed by atoms with E-state index in [1.807, 2.05) is 0 Å². The van der Waals surface area contributed by atoms with Gasteiger partial charge in [-0.3, -0.25) is 0 Å². The van der Waals surface area contributed by atoms with E-state index in [1.54, 1.807) is 18.2 Å². The maximum absolute atomic E-state index is 12.8. The van der Waals surface area contributed by atoms with Gasteiger partial charge in [0.1, 0.15) is 5.75 Å². The van der Waals surface area contributed by atoms with E-state index in [4.69, 9.17) is 4.74 Å². The van der Waals surface area contributed by atoms with Crippen molar-refractivity contribution in [2.75, 3.05) is 7.11 Å². The lowest BCUT2D eigenvalue weighted by Crippen LogP contribution is -2.13. The van der Waals surface area contributed by atoms with Gasteiger partial charge in [0.2, 0.25) is 5.82 Å². The molecule has 0 atom stereocenters. The Kier molecular flexibility index (Phi) is 3.92. The minimum atomic E-state index is -4.57. The molecule has 1 aromatic heterocycles. The second-order valence-electron chi connectivity index (χ2n) is 4.17. The first kappa shape index (κ1) is 14.3. The van der Waals surface area contributed by atoms with Crippen LogP contribution in [-0.4, -0.2) is 17.1 Å². The lowest BCUT2D eigenvalue weighted by Gasteiger charge is -2.12. The van der Waals surface area contributed by atoms with Gasteiger partial charge in [-0.1, -0.05) is 12.1 Å². The topological polar surface area (TPSA) is 35.0 Å². The Hall–Kier alpha value is -2.11. The summed E-state index contributed by atoms with van der Waals surface area (Å²) in [5, 5.41) is 0.518. The molecule has 0 fully saturated rings. The number of alkyl halides is 3. The van der Waals surface area contributed by atoms with Crippen LogP contribution in [0.4, 0.5) is 13.2 Å². The molecule has 0 radical (unpaired) electrons. The van der Waals surface area contributed by atoms with Gasteiger partial charge in [-0.05, 0) is 25.0 Å². The molecule has 1 aromatic carbocycles. The quantitative estimate of drug-likeness (QED) is 0.800. The molecule has 6 heteroatoms. The maximum Gasteiger partial charge on any atom is 0.451 e. The normalized spacial score (nSPS) is 11.6. The van der Waals surface area contributed by atoms with Crippen molar-refractivity contribution in [2.45, 2.75) is 19.0 Å². The smallest absolute Gasteiger partial charge is 0.451 e. The SMILES string of the molecule is C=CCCc1nc(C(F)(F)F)nc2cccc(OC)c12. The monoisotopic (exact) mass is 282 g/mol. The first-order chi connectivity index (χ1) is 9.47. The fraction of sp³-hybridized carbons (Fsp3) is 0.286. The van der Waals surface area contributed by atoms with Gasteiger partial charge < -0.3 is 4.74 Å². The Morgan fingerprint density at radius 1 is 1.30 bits per heavy atom. The Morgan fingerprint density at radius 3 is 2.65 bits per heavy atom. The molecule has 0 saturated carbocycles. The summed E-state index contributed by atoms with van der Waals surface area (Å²) < 4.78 is 43.7. The molecule has 0 aliphatic heterocycles. The number of halogens is 3. The lowest BCUT2D eigenvalue weighted by molar-refractivity contribution is -0.144. The summed E-state index contributed by atoms with van der Waals surface area (Å²) in [5.74, 6) is -0.660. The van der Waals surface area contributed by atoms with Gasteiger partial charge in [0.15, 0.2) is 0 Å². The van der Waals surface area contributed by atoms with Crippen LogP contribution >= 0.6 is 0 Å². The summed E-state index contributed by atoms with van der Waals surface area (Å²) in [6.07, 6.45) is -2.05. The predicted molar refractivity (Wildman–Crippen MR) is 69.6 cm³/mol. The van der Waals surface area contributed by atoms with Gasteiger partial charge >= 0.3 is 6.18 Å². The number of methoxy groups -OCH3 is 1. The van der Waals surface area contributed by atoms with Crippen molar-refractivity contribution in [3.63, 3.8) is 0 Å². The van der Waals surface area contributed by atoms with Crippen LogP contribution in [0.15, 0.2) is 30.9 Å². The van der Waals surface area contributed by atoms with Crippen LogP contribution in [0.5, 0.6) is 5.75 Å². The maximum atomic E-state index is 12.8. The molecule has 0 aliphatic carbocycles. The molecule has 2 rings (SSSR count). The number of nitrogens with zero attached hydrogens (tertiary/aromatic N) is 2. The number of aryl methyl sites for hydroxylation is 1. The third-order valence-corrected chi connectivity index (χ3v) is 2.82. The summed E-state index contributed by atoms with van der Waals surface area (Å²) in [5.41, 5.74) is 0.547. The molecule has 0 bridgehead atoms. The van der Waals surface area contributed by atoms with Crippen molar-refractivity contribution in [1.82, 2.24) is 9.97 Å². The molecular weight excluding hydrogens is 269 g/mol. The Labute approximate surface area is 114 Å². The van der Waals surface area contributed by atoms with Crippen LogP contribution in [0.2, 0.25) is 0 Å². The highest BCUT2D eigenvalue weighted by molar-refractivity contribution is 5.87. The van der Waals surface area contributed by atoms with Gasteiger partial charge in [-0.15, -0.1) is 6.58 Å². The summed E-state index contributed by atoms with van der Waals surface area (Å²) in [6, 6.07) is 4.80. The molecule has 2 aromatic rings. The molecule has 106 valence electrons. The third-order valence-electron chi connectivity index (χ3n) is 2.82. The molecule has 0 saturated heterocycles. The molecule has 0 unspecified atom stereocenters. The van der Waals surface area contributed by atoms with E-state index in [9.17, 15) is 13.2 Å². The highest BCUT2D eigenvalue weighted by Crippen LogP contribution is 2.32. The minimum Gasteiger partial charge on any atom is -0.496 e. The number of benzene rings is 1. The number of fused-ring (bicyclic) bond motifs is 1. The van der Waals surface area contributed by atoms with Crippen molar-refractivity contribution in [3.8, 4) is 5.75 Å². The van der Waals surface area contributed by atoms with E-state index in [2.05, 4.69) is 16.5 Å². The average molecular weight is 282 g/mol. The standard InChI is InChI=1S/C14H13F3N2O/c1-3-4-6-9-12-10(7-5-8-11(12)20-2)19-13(18-9)14(15,16)17/h3,5,7-8H,1,4,6H2,2H3. The van der Waals surface area contributed by atoms with Crippen LogP contribution in [0.1, 0.15) is 17.9 Å². The molecule has 0 N–H and O–H groups in total. The minimum absolute atomic E-state index is 0.228. The molecule has 1 heterocycles. The van der Waals surface area contributed by atoms with Crippen molar-refractivity contribution in [3.05, 3.63) is 42.4 Å². The summed E-state index contributed by atoms with van der Waals surface area (Å²) in [7, 11) is 1.46.